The van der Waals surface area contributed by atoms with Crippen LogP contribution in [0.3, 0.4) is 0 Å². The quantitative estimate of drug-likeness (QED) is 0.262. The number of anilines is 1. The Morgan fingerprint density at radius 1 is 1.22 bits per heavy atom. The average molecular weight is 567 g/mol. The number of para-hydroxylation sites is 1. The summed E-state index contributed by atoms with van der Waals surface area (Å²) in [6, 6.07) is 18.3. The van der Waals surface area contributed by atoms with Crippen LogP contribution >= 0.6 is 35.6 Å². The van der Waals surface area contributed by atoms with E-state index in [4.69, 9.17) is 16.1 Å². The van der Waals surface area contributed by atoms with Crippen LogP contribution in [-0.2, 0) is 6.42 Å². The molecule has 0 bridgehead atoms. The zero-order valence-corrected chi connectivity index (χ0v) is 21.1. The molecular weight excluding hydrogens is 539 g/mol. The van der Waals surface area contributed by atoms with E-state index in [9.17, 15) is 0 Å². The third-order valence-corrected chi connectivity index (χ3v) is 5.52. The minimum atomic E-state index is 0. The summed E-state index contributed by atoms with van der Waals surface area (Å²) in [5.41, 5.74) is 2.11. The minimum absolute atomic E-state index is 0. The van der Waals surface area contributed by atoms with Crippen LogP contribution in [0.5, 0.6) is 0 Å². The number of halogens is 2. The van der Waals surface area contributed by atoms with Gasteiger partial charge in [-0.3, -0.25) is 4.99 Å². The van der Waals surface area contributed by atoms with E-state index in [1.165, 1.54) is 5.69 Å². The standard InChI is InChI=1S/C23H27ClN6O.HI/c1-25-23(27-19-9-6-14-30(16-19)20-10-3-2-4-11-20)26-13-12-21-28-22(29-31-21)17-7-5-8-18(24)15-17;/h2-5,7-8,10-11,15,19H,6,9,12-14,16H2,1H3,(H2,25,26,27);1H. The smallest absolute Gasteiger partial charge is 0.228 e. The van der Waals surface area contributed by atoms with Gasteiger partial charge in [-0.2, -0.15) is 4.98 Å². The summed E-state index contributed by atoms with van der Waals surface area (Å²) < 4.78 is 5.38. The molecule has 1 aliphatic heterocycles. The lowest BCUT2D eigenvalue weighted by Gasteiger charge is -2.35. The molecule has 2 heterocycles. The molecule has 0 aliphatic carbocycles. The van der Waals surface area contributed by atoms with Gasteiger partial charge in [-0.1, -0.05) is 47.1 Å². The van der Waals surface area contributed by atoms with Crippen molar-refractivity contribution in [1.29, 1.82) is 0 Å². The van der Waals surface area contributed by atoms with E-state index < -0.39 is 0 Å². The average Bonchev–Trinajstić information content (AvgIpc) is 3.28. The maximum Gasteiger partial charge on any atom is 0.228 e. The Labute approximate surface area is 210 Å². The molecule has 170 valence electrons. The van der Waals surface area contributed by atoms with E-state index in [-0.39, 0.29) is 24.0 Å². The first kappa shape index (κ1) is 24.3. The van der Waals surface area contributed by atoms with E-state index in [1.807, 2.05) is 24.3 Å². The number of aliphatic imine (C=N–C) groups is 1. The molecule has 0 amide bonds. The largest absolute Gasteiger partial charge is 0.369 e. The maximum absolute atomic E-state index is 6.04. The van der Waals surface area contributed by atoms with Crippen molar-refractivity contribution in [2.75, 3.05) is 31.6 Å². The van der Waals surface area contributed by atoms with E-state index >= 15 is 0 Å². The van der Waals surface area contributed by atoms with Gasteiger partial charge in [0.25, 0.3) is 0 Å². The maximum atomic E-state index is 6.04. The minimum Gasteiger partial charge on any atom is -0.369 e. The lowest BCUT2D eigenvalue weighted by atomic mass is 10.1. The Hall–Kier alpha value is -2.33. The summed E-state index contributed by atoms with van der Waals surface area (Å²) >= 11 is 6.04. The summed E-state index contributed by atoms with van der Waals surface area (Å²) in [5, 5.41) is 11.6. The number of piperidine rings is 1. The molecule has 2 N–H and O–H groups in total. The van der Waals surface area contributed by atoms with Crippen LogP contribution in [0.25, 0.3) is 11.4 Å². The Morgan fingerprint density at radius 2 is 2.06 bits per heavy atom. The van der Waals surface area contributed by atoms with Gasteiger partial charge < -0.3 is 20.1 Å². The van der Waals surface area contributed by atoms with Crippen molar-refractivity contribution in [2.24, 2.45) is 4.99 Å². The fraction of sp³-hybridized carbons (Fsp3) is 0.348. The summed E-state index contributed by atoms with van der Waals surface area (Å²) in [4.78, 5) is 11.2. The normalized spacial score (nSPS) is 16.4. The molecule has 3 aromatic rings. The SMILES string of the molecule is CN=C(NCCc1nc(-c2cccc(Cl)c2)no1)NC1CCCN(c2ccccc2)C1.I. The van der Waals surface area contributed by atoms with Gasteiger partial charge in [-0.15, -0.1) is 24.0 Å². The molecule has 4 rings (SSSR count). The van der Waals surface area contributed by atoms with Gasteiger partial charge in [0.2, 0.25) is 11.7 Å². The Morgan fingerprint density at radius 3 is 2.84 bits per heavy atom. The second-order valence-corrected chi connectivity index (χ2v) is 7.97. The van der Waals surface area contributed by atoms with Crippen LogP contribution < -0.4 is 15.5 Å². The van der Waals surface area contributed by atoms with Crippen LogP contribution in [0.2, 0.25) is 5.02 Å². The second kappa shape index (κ2) is 12.1. The predicted molar refractivity (Wildman–Crippen MR) is 140 cm³/mol. The first-order chi connectivity index (χ1) is 15.2. The van der Waals surface area contributed by atoms with Crippen molar-refractivity contribution in [3.8, 4) is 11.4 Å². The molecule has 1 atom stereocenters. The number of aromatic nitrogens is 2. The summed E-state index contributed by atoms with van der Waals surface area (Å²) in [5.74, 6) is 1.91. The van der Waals surface area contributed by atoms with E-state index in [1.54, 1.807) is 7.05 Å². The number of nitrogens with one attached hydrogen (secondary N) is 2. The topological polar surface area (TPSA) is 78.6 Å². The fourth-order valence-corrected chi connectivity index (χ4v) is 3.94. The van der Waals surface area contributed by atoms with Crippen molar-refractivity contribution in [3.05, 3.63) is 65.5 Å². The van der Waals surface area contributed by atoms with Gasteiger partial charge in [-0.05, 0) is 37.1 Å². The molecule has 7 nitrogen and oxygen atoms in total. The van der Waals surface area contributed by atoms with Crippen molar-refractivity contribution in [3.63, 3.8) is 0 Å². The molecule has 32 heavy (non-hydrogen) atoms. The second-order valence-electron chi connectivity index (χ2n) is 7.54. The number of benzene rings is 2. The zero-order chi connectivity index (χ0) is 21.5. The third-order valence-electron chi connectivity index (χ3n) is 5.29. The van der Waals surface area contributed by atoms with E-state index in [0.29, 0.717) is 35.7 Å². The molecule has 1 fully saturated rings. The molecular formula is C23H28ClIN6O. The monoisotopic (exact) mass is 566 g/mol. The molecule has 2 aromatic carbocycles. The summed E-state index contributed by atoms with van der Waals surface area (Å²) in [6.45, 7) is 2.68. The van der Waals surface area contributed by atoms with Crippen LogP contribution in [0.4, 0.5) is 5.69 Å². The van der Waals surface area contributed by atoms with E-state index in [2.05, 4.69) is 61.0 Å². The molecule has 1 unspecified atom stereocenters. The fourth-order valence-electron chi connectivity index (χ4n) is 3.75. The number of hydrogen-bond donors (Lipinski definition) is 2. The Bertz CT molecular complexity index is 1010. The number of rotatable bonds is 6. The number of guanidine groups is 1. The van der Waals surface area contributed by atoms with Gasteiger partial charge in [0.1, 0.15) is 0 Å². The van der Waals surface area contributed by atoms with Gasteiger partial charge in [-0.25, -0.2) is 0 Å². The number of nitrogens with zero attached hydrogens (tertiary/aromatic N) is 4. The molecule has 9 heteroatoms. The van der Waals surface area contributed by atoms with E-state index in [0.717, 1.165) is 37.5 Å². The highest BCUT2D eigenvalue weighted by Gasteiger charge is 2.21. The molecule has 1 aromatic heterocycles. The molecule has 0 radical (unpaired) electrons. The first-order valence-electron chi connectivity index (χ1n) is 10.6. The highest BCUT2D eigenvalue weighted by Crippen LogP contribution is 2.20. The summed E-state index contributed by atoms with van der Waals surface area (Å²) in [7, 11) is 1.79. The van der Waals surface area contributed by atoms with Gasteiger partial charge in [0, 0.05) is 55.4 Å². The summed E-state index contributed by atoms with van der Waals surface area (Å²) in [6.07, 6.45) is 2.88. The van der Waals surface area contributed by atoms with Crippen LogP contribution in [0, 0.1) is 0 Å². The number of hydrogen-bond acceptors (Lipinski definition) is 5. The van der Waals surface area contributed by atoms with Crippen LogP contribution in [0.15, 0.2) is 64.1 Å². The lowest BCUT2D eigenvalue weighted by Crippen LogP contribution is -2.51. The van der Waals surface area contributed by atoms with Crippen molar-refractivity contribution >= 4 is 47.2 Å². The van der Waals surface area contributed by atoms with Crippen LogP contribution in [-0.4, -0.2) is 48.8 Å². The molecule has 1 aliphatic rings. The first-order valence-corrected chi connectivity index (χ1v) is 10.9. The van der Waals surface area contributed by atoms with Gasteiger partial charge >= 0.3 is 0 Å². The van der Waals surface area contributed by atoms with Gasteiger partial charge in [0.15, 0.2) is 5.96 Å². The highest BCUT2D eigenvalue weighted by molar-refractivity contribution is 14.0. The van der Waals surface area contributed by atoms with Crippen molar-refractivity contribution < 1.29 is 4.52 Å². The molecule has 1 saturated heterocycles. The third kappa shape index (κ3) is 6.59. The van der Waals surface area contributed by atoms with Crippen molar-refractivity contribution in [1.82, 2.24) is 20.8 Å². The van der Waals surface area contributed by atoms with Crippen LogP contribution in [0.1, 0.15) is 18.7 Å². The van der Waals surface area contributed by atoms with Crippen molar-refractivity contribution in [2.45, 2.75) is 25.3 Å². The Kier molecular flexibility index (Phi) is 9.16. The molecule has 0 spiro atoms. The zero-order valence-electron chi connectivity index (χ0n) is 18.0. The predicted octanol–water partition coefficient (Wildman–Crippen LogP) is 4.38. The lowest BCUT2D eigenvalue weighted by molar-refractivity contribution is 0.378. The highest BCUT2D eigenvalue weighted by atomic mass is 127. The molecule has 0 saturated carbocycles. The Balaban J connectivity index is 0.00000289. The van der Waals surface area contributed by atoms with Gasteiger partial charge in [0.05, 0.1) is 0 Å².